The van der Waals surface area contributed by atoms with Gasteiger partial charge < -0.3 is 52.2 Å². The van der Waals surface area contributed by atoms with Crippen LogP contribution in [0.3, 0.4) is 0 Å². The summed E-state index contributed by atoms with van der Waals surface area (Å²) < 4.78 is 0. The number of amides is 12. The van der Waals surface area contributed by atoms with Gasteiger partial charge in [0.2, 0.25) is 70.9 Å². The smallest absolute Gasteiger partial charge is 0.243 e. The zero-order chi connectivity index (χ0) is 66.0. The number of hydrogen-bond donors (Lipinski definition) is 8. The molecule has 7 heterocycles. The van der Waals surface area contributed by atoms with E-state index in [2.05, 4.69) is 31.6 Å². The number of aliphatic hydroxyl groups is 1. The van der Waals surface area contributed by atoms with Gasteiger partial charge in [-0.3, -0.25) is 81.7 Å². The first kappa shape index (κ1) is 69.7. The number of benzene rings is 1. The Bertz CT molecular complexity index is 3190. The van der Waals surface area contributed by atoms with Gasteiger partial charge >= 0.3 is 0 Å². The highest BCUT2D eigenvalue weighted by Gasteiger charge is 2.46. The lowest BCUT2D eigenvalue weighted by atomic mass is 9.86. The lowest BCUT2D eigenvalue weighted by molar-refractivity contribution is -0.145. The number of imide groups is 2. The molecule has 9 N–H and O–H groups in total. The topological polar surface area (TPSA) is 391 Å². The molecule has 4 fully saturated rings. The minimum atomic E-state index is -1.48. The molecular formula is C61H81N11O16S3. The molecule has 0 radical (unpaired) electrons. The number of rotatable bonds is 13. The van der Waals surface area contributed by atoms with Crippen LogP contribution in [0.25, 0.3) is 10.9 Å². The van der Waals surface area contributed by atoms with E-state index in [1.807, 2.05) is 0 Å². The van der Waals surface area contributed by atoms with Gasteiger partial charge in [-0.2, -0.15) is 0 Å². The molecule has 3 unspecified atom stereocenters. The van der Waals surface area contributed by atoms with Gasteiger partial charge in [0, 0.05) is 118 Å². The molecular weight excluding hydrogens is 1240 g/mol. The number of aromatic amines is 1. The summed E-state index contributed by atoms with van der Waals surface area (Å²) in [4.78, 5) is 215. The Morgan fingerprint density at radius 1 is 0.692 bits per heavy atom. The molecule has 0 saturated carbocycles. The molecule has 30 heteroatoms. The number of H-pyrrole nitrogens is 1. The number of Topliss-reactive ketones (excluding diaryl/α,β-unsaturated/α-hetero) is 3. The summed E-state index contributed by atoms with van der Waals surface area (Å²) in [7, 11) is 0. The standard InChI is InChI=1S/C61H81N11O16S3/c1-5-31(3)53-44(76)20-34-19-39-38-18-33(17-36(73)9-7-8-10-50(80)69-13-15-70-51(81)24-45(60(70)87)90-30-91-46-25-52(82)71(16-14-69)61(46)88)11-12-40(38)66-58(39)89-29-41(65-48(78)26-64-57(85)54(32(4)6-2)67-49(79)27-63-55(34)83)43(75)21-35(22-47(62)77)59(86)72-28-37(74)23-42(72)56(84)68-53/h11-12,18,31-32,34-35,37,41-42,45-46,53-54,66,74H,5-10,13-17,19-30H2,1-4H3,(H2,62,77)(H,63,83)(H,64,85)(H,65,78)(H,67,79)(H,68,84)/t31?,32-,34+,35-,37+,41-,42-,45?,46?,53-,54-/m0/s1. The summed E-state index contributed by atoms with van der Waals surface area (Å²) in [5, 5.41) is 24.2. The van der Waals surface area contributed by atoms with Gasteiger partial charge in [-0.15, -0.1) is 35.3 Å². The van der Waals surface area contributed by atoms with Crippen LogP contribution in [0.5, 0.6) is 0 Å². The number of nitrogens with zero attached hydrogens (tertiary/aromatic N) is 4. The van der Waals surface area contributed by atoms with Crippen molar-refractivity contribution in [2.75, 3.05) is 56.7 Å². The molecule has 11 atom stereocenters. The minimum absolute atomic E-state index is 0.000675. The number of aromatic nitrogens is 1. The molecule has 4 saturated heterocycles. The number of hydrogen-bond acceptors (Lipinski definition) is 19. The molecule has 27 nitrogen and oxygen atoms in total. The lowest BCUT2D eigenvalue weighted by Gasteiger charge is -2.31. The first-order chi connectivity index (χ1) is 43.3. The summed E-state index contributed by atoms with van der Waals surface area (Å²) in [6, 6.07) is -0.0669. The van der Waals surface area contributed by atoms with Crippen LogP contribution in [0.4, 0.5) is 0 Å². The second-order valence-corrected chi connectivity index (χ2v) is 28.2. The molecule has 6 aliphatic heterocycles. The van der Waals surface area contributed by atoms with Crippen LogP contribution in [0.2, 0.25) is 0 Å². The van der Waals surface area contributed by atoms with Crippen molar-refractivity contribution in [3.63, 3.8) is 0 Å². The van der Waals surface area contributed by atoms with Gasteiger partial charge in [-0.1, -0.05) is 46.6 Å². The van der Waals surface area contributed by atoms with E-state index in [0.717, 1.165) is 26.5 Å². The van der Waals surface area contributed by atoms with E-state index in [0.29, 0.717) is 51.4 Å². The number of unbranched alkanes of at least 4 members (excludes halogenated alkanes) is 1. The summed E-state index contributed by atoms with van der Waals surface area (Å²) in [5.41, 5.74) is 7.15. The van der Waals surface area contributed by atoms with E-state index >= 15 is 0 Å². The molecule has 12 amide bonds. The Kier molecular flexibility index (Phi) is 24.1. The highest BCUT2D eigenvalue weighted by molar-refractivity contribution is 8.17. The molecule has 0 spiro atoms. The fourth-order valence-corrected chi connectivity index (χ4v) is 16.1. The largest absolute Gasteiger partial charge is 0.391 e. The molecule has 494 valence electrons. The average molecular weight is 1320 g/mol. The number of aliphatic hydroxyl groups excluding tert-OH is 1. The molecule has 6 bridgehead atoms. The quantitative estimate of drug-likeness (QED) is 0.0950. The second kappa shape index (κ2) is 31.4. The van der Waals surface area contributed by atoms with Crippen molar-refractivity contribution in [2.45, 2.75) is 163 Å². The summed E-state index contributed by atoms with van der Waals surface area (Å²) in [6.45, 7) is 5.20. The lowest BCUT2D eigenvalue weighted by Crippen LogP contribution is -2.55. The predicted molar refractivity (Wildman–Crippen MR) is 334 cm³/mol. The van der Waals surface area contributed by atoms with Gasteiger partial charge in [-0.25, -0.2) is 0 Å². The van der Waals surface area contributed by atoms with Gasteiger partial charge in [0.25, 0.3) is 0 Å². The van der Waals surface area contributed by atoms with E-state index in [1.54, 1.807) is 45.9 Å². The van der Waals surface area contributed by atoms with Crippen molar-refractivity contribution >= 4 is 134 Å². The van der Waals surface area contributed by atoms with Gasteiger partial charge in [0.1, 0.15) is 17.9 Å². The van der Waals surface area contributed by atoms with Crippen LogP contribution in [0, 0.1) is 23.7 Å². The average Bonchev–Trinajstić information content (AvgIpc) is 1.71. The van der Waals surface area contributed by atoms with Crippen LogP contribution in [-0.4, -0.2) is 215 Å². The maximum Gasteiger partial charge on any atom is 0.243 e. The maximum atomic E-state index is 14.9. The third-order valence-electron chi connectivity index (χ3n) is 17.9. The van der Waals surface area contributed by atoms with Crippen molar-refractivity contribution < 1.29 is 77.0 Å². The fraction of sp³-hybridized carbons (Fsp3) is 0.623. The number of thioether (sulfide) groups is 3. The molecule has 1 aromatic carbocycles. The third kappa shape index (κ3) is 17.5. The number of carbonyl (C=O) groups is 15. The van der Waals surface area contributed by atoms with E-state index in [4.69, 9.17) is 5.73 Å². The second-order valence-electron chi connectivity index (χ2n) is 24.4. The molecule has 2 aromatic rings. The van der Waals surface area contributed by atoms with Crippen molar-refractivity contribution in [3.8, 4) is 0 Å². The van der Waals surface area contributed by atoms with Crippen LogP contribution >= 0.6 is 35.3 Å². The summed E-state index contributed by atoms with van der Waals surface area (Å²) in [6.07, 6.45) is -2.25. The van der Waals surface area contributed by atoms with E-state index in [9.17, 15) is 77.0 Å². The zero-order valence-electron chi connectivity index (χ0n) is 51.5. The van der Waals surface area contributed by atoms with Gasteiger partial charge in [0.15, 0.2) is 11.6 Å². The summed E-state index contributed by atoms with van der Waals surface area (Å²) >= 11 is 3.56. The fourth-order valence-electron chi connectivity index (χ4n) is 12.3. The first-order valence-electron chi connectivity index (χ1n) is 31.1. The number of primary amides is 1. The Labute approximate surface area is 538 Å². The van der Waals surface area contributed by atoms with Crippen molar-refractivity contribution in [1.82, 2.24) is 51.2 Å². The van der Waals surface area contributed by atoms with Crippen LogP contribution in [0.15, 0.2) is 23.2 Å². The first-order valence-corrected chi connectivity index (χ1v) is 34.2. The maximum absolute atomic E-state index is 14.9. The zero-order valence-corrected chi connectivity index (χ0v) is 54.0. The van der Waals surface area contributed by atoms with Gasteiger partial charge in [0.05, 0.1) is 52.7 Å². The van der Waals surface area contributed by atoms with Crippen molar-refractivity contribution in [1.29, 1.82) is 0 Å². The minimum Gasteiger partial charge on any atom is -0.391 e. The van der Waals surface area contributed by atoms with Crippen LogP contribution in [0.1, 0.15) is 116 Å². The molecule has 6 aliphatic rings. The molecule has 91 heavy (non-hydrogen) atoms. The van der Waals surface area contributed by atoms with Gasteiger partial charge in [-0.05, 0) is 54.4 Å². The Morgan fingerprint density at radius 2 is 1.31 bits per heavy atom. The SMILES string of the molecule is CCC(C)[C@@H]1NC(=O)[C@@H]2C[C@@H](O)CN2C(=O)[C@H](CC(N)=O)CC(=O)[C@@H]2CSc3[nH]c4ccc(CC(=O)CCCCC(=O)N5CCN6C(=O)CC(SCSC7CC(=O)N(CC5)C7=O)C6=O)cc4c3C[C@H](CC1=O)C(=O)NCC(=O)N[C@@H]([C@@H](C)CC)C(=O)NCC(=O)N2. The molecule has 1 aromatic heterocycles. The Balaban J connectivity index is 1.08. The normalized spacial score (nSPS) is 27.3. The highest BCUT2D eigenvalue weighted by atomic mass is 32.2. The van der Waals surface area contributed by atoms with Crippen molar-refractivity contribution in [3.05, 3.63) is 29.3 Å². The highest BCUT2D eigenvalue weighted by Crippen LogP contribution is 2.37. The number of fused-ring (bicyclic) bond motifs is 9. The number of nitrogens with two attached hydrogens (primary N) is 1. The van der Waals surface area contributed by atoms with Crippen LogP contribution in [-0.2, 0) is 84.8 Å². The molecule has 0 aliphatic carbocycles. The van der Waals surface area contributed by atoms with E-state index in [-0.39, 0.29) is 125 Å². The number of nitrogens with one attached hydrogen (secondary N) is 6. The number of carbonyl (C=O) groups excluding carboxylic acids is 15. The molecule has 8 rings (SSSR count). The Morgan fingerprint density at radius 3 is 1.95 bits per heavy atom. The van der Waals surface area contributed by atoms with E-state index in [1.165, 1.54) is 28.4 Å². The van der Waals surface area contributed by atoms with E-state index < -0.39 is 150 Å². The van der Waals surface area contributed by atoms with Crippen molar-refractivity contribution in [2.24, 2.45) is 29.4 Å². The monoisotopic (exact) mass is 1320 g/mol. The third-order valence-corrected chi connectivity index (χ3v) is 21.7. The summed E-state index contributed by atoms with van der Waals surface area (Å²) in [5.74, 6) is -13.0. The predicted octanol–water partition coefficient (Wildman–Crippen LogP) is -0.210. The van der Waals surface area contributed by atoms with Crippen LogP contribution < -0.4 is 32.3 Å². The number of ketones is 3. The Hall–Kier alpha value is -7.18.